The van der Waals surface area contributed by atoms with E-state index in [2.05, 4.69) is 12.2 Å². The highest BCUT2D eigenvalue weighted by atomic mass is 35.5. The first-order valence-electron chi connectivity index (χ1n) is 6.62. The molecule has 1 aromatic carbocycles. The van der Waals surface area contributed by atoms with Crippen molar-refractivity contribution in [2.75, 3.05) is 11.6 Å². The van der Waals surface area contributed by atoms with Crippen molar-refractivity contribution >= 4 is 27.1 Å². The molecule has 19 heavy (non-hydrogen) atoms. The van der Waals surface area contributed by atoms with Gasteiger partial charge in [-0.3, -0.25) is 0 Å². The number of hydrogen-bond donors (Lipinski definition) is 1. The van der Waals surface area contributed by atoms with E-state index in [0.29, 0.717) is 21.9 Å². The van der Waals surface area contributed by atoms with Gasteiger partial charge in [0.1, 0.15) is 0 Å². The molecule has 2 unspecified atom stereocenters. The molecule has 0 saturated heterocycles. The summed E-state index contributed by atoms with van der Waals surface area (Å²) in [5, 5.41) is 3.97. The maximum absolute atomic E-state index is 11.6. The van der Waals surface area contributed by atoms with Gasteiger partial charge in [0.05, 0.1) is 15.6 Å². The zero-order valence-electron chi connectivity index (χ0n) is 11.3. The number of sulfone groups is 1. The molecule has 0 heterocycles. The fourth-order valence-corrected chi connectivity index (χ4v) is 3.45. The highest BCUT2D eigenvalue weighted by molar-refractivity contribution is 7.90. The highest BCUT2D eigenvalue weighted by Gasteiger charge is 2.20. The molecule has 106 valence electrons. The van der Waals surface area contributed by atoms with Crippen molar-refractivity contribution < 1.29 is 8.42 Å². The molecule has 0 aliphatic heterocycles. The van der Waals surface area contributed by atoms with Crippen LogP contribution in [-0.2, 0) is 9.84 Å². The summed E-state index contributed by atoms with van der Waals surface area (Å²) in [4.78, 5) is 0.309. The molecule has 2 atom stereocenters. The summed E-state index contributed by atoms with van der Waals surface area (Å²) in [6.45, 7) is 2.25. The van der Waals surface area contributed by atoms with Crippen LogP contribution in [0.15, 0.2) is 23.1 Å². The van der Waals surface area contributed by atoms with Gasteiger partial charge in [-0.2, -0.15) is 0 Å². The molecule has 1 saturated carbocycles. The number of halogens is 1. The first-order chi connectivity index (χ1) is 8.86. The fourth-order valence-electron chi connectivity index (χ4n) is 2.63. The maximum Gasteiger partial charge on any atom is 0.175 e. The van der Waals surface area contributed by atoms with Crippen LogP contribution in [0, 0.1) is 5.92 Å². The predicted molar refractivity (Wildman–Crippen MR) is 79.6 cm³/mol. The van der Waals surface area contributed by atoms with Crippen LogP contribution in [0.2, 0.25) is 5.02 Å². The molecule has 0 bridgehead atoms. The number of rotatable bonds is 3. The largest absolute Gasteiger partial charge is 0.381 e. The normalized spacial score (nSPS) is 24.2. The Bertz CT molecular complexity index is 557. The Hall–Kier alpha value is -0.740. The van der Waals surface area contributed by atoms with Crippen LogP contribution in [0.3, 0.4) is 0 Å². The lowest BCUT2D eigenvalue weighted by molar-refractivity contribution is 0.358. The molecule has 1 aromatic rings. The van der Waals surface area contributed by atoms with Gasteiger partial charge in [-0.15, -0.1) is 0 Å². The van der Waals surface area contributed by atoms with Crippen LogP contribution in [0.25, 0.3) is 0 Å². The van der Waals surface area contributed by atoms with Gasteiger partial charge in [0.25, 0.3) is 0 Å². The minimum absolute atomic E-state index is 0.309. The van der Waals surface area contributed by atoms with Crippen molar-refractivity contribution in [3.8, 4) is 0 Å². The monoisotopic (exact) mass is 301 g/mol. The number of anilines is 1. The molecule has 5 heteroatoms. The molecule has 0 radical (unpaired) electrons. The summed E-state index contributed by atoms with van der Waals surface area (Å²) in [7, 11) is -3.19. The Labute approximate surface area is 120 Å². The van der Waals surface area contributed by atoms with Crippen molar-refractivity contribution in [3.05, 3.63) is 23.2 Å². The smallest absolute Gasteiger partial charge is 0.175 e. The van der Waals surface area contributed by atoms with Crippen LogP contribution >= 0.6 is 11.6 Å². The summed E-state index contributed by atoms with van der Waals surface area (Å²) < 4.78 is 23.1. The van der Waals surface area contributed by atoms with E-state index in [4.69, 9.17) is 11.6 Å². The average Bonchev–Trinajstić information content (AvgIpc) is 2.30. The first-order valence-corrected chi connectivity index (χ1v) is 8.89. The van der Waals surface area contributed by atoms with E-state index in [1.54, 1.807) is 18.2 Å². The Morgan fingerprint density at radius 3 is 2.68 bits per heavy atom. The van der Waals surface area contributed by atoms with E-state index in [9.17, 15) is 8.42 Å². The lowest BCUT2D eigenvalue weighted by Crippen LogP contribution is -2.26. The van der Waals surface area contributed by atoms with Crippen molar-refractivity contribution in [2.45, 2.75) is 43.5 Å². The van der Waals surface area contributed by atoms with E-state index < -0.39 is 9.84 Å². The SMILES string of the molecule is CC1CCCC(Nc2cc(S(C)(=O)=O)ccc2Cl)C1. The predicted octanol–water partition coefficient (Wildman–Crippen LogP) is 3.73. The van der Waals surface area contributed by atoms with Gasteiger partial charge < -0.3 is 5.32 Å². The zero-order valence-corrected chi connectivity index (χ0v) is 12.9. The third-order valence-corrected chi connectivity index (χ3v) is 5.10. The number of hydrogen-bond acceptors (Lipinski definition) is 3. The summed E-state index contributed by atoms with van der Waals surface area (Å²) in [6, 6.07) is 5.21. The lowest BCUT2D eigenvalue weighted by Gasteiger charge is -2.28. The average molecular weight is 302 g/mol. The molecule has 1 aliphatic rings. The van der Waals surface area contributed by atoms with Crippen molar-refractivity contribution in [2.24, 2.45) is 5.92 Å². The zero-order chi connectivity index (χ0) is 14.0. The Kier molecular flexibility index (Phi) is 4.41. The summed E-state index contributed by atoms with van der Waals surface area (Å²) >= 11 is 6.14. The minimum atomic E-state index is -3.19. The molecule has 1 aliphatic carbocycles. The molecule has 1 fully saturated rings. The summed E-state index contributed by atoms with van der Waals surface area (Å²) in [6.07, 6.45) is 5.92. The van der Waals surface area contributed by atoms with Gasteiger partial charge in [0.15, 0.2) is 9.84 Å². The number of benzene rings is 1. The lowest BCUT2D eigenvalue weighted by atomic mass is 9.87. The second-order valence-corrected chi connectivity index (χ2v) is 7.95. The Morgan fingerprint density at radius 2 is 2.05 bits per heavy atom. The van der Waals surface area contributed by atoms with Crippen LogP contribution in [-0.4, -0.2) is 20.7 Å². The van der Waals surface area contributed by atoms with E-state index >= 15 is 0 Å². The molecule has 3 nitrogen and oxygen atoms in total. The molecule has 0 spiro atoms. The topological polar surface area (TPSA) is 46.2 Å². The van der Waals surface area contributed by atoms with E-state index in [-0.39, 0.29) is 0 Å². The third-order valence-electron chi connectivity index (χ3n) is 3.66. The maximum atomic E-state index is 11.6. The Balaban J connectivity index is 2.19. The van der Waals surface area contributed by atoms with Gasteiger partial charge in [-0.25, -0.2) is 8.42 Å². The van der Waals surface area contributed by atoms with Gasteiger partial charge in [0.2, 0.25) is 0 Å². The standard InChI is InChI=1S/C14H20ClNO2S/c1-10-4-3-5-11(8-10)16-14-9-12(19(2,17)18)6-7-13(14)15/h6-7,9-11,16H,3-5,8H2,1-2H3. The minimum Gasteiger partial charge on any atom is -0.381 e. The van der Waals surface area contributed by atoms with E-state index in [1.807, 2.05) is 0 Å². The molecule has 2 rings (SSSR count). The fraction of sp³-hybridized carbons (Fsp3) is 0.571. The van der Waals surface area contributed by atoms with Crippen molar-refractivity contribution in [1.82, 2.24) is 0 Å². The molecule has 0 aromatic heterocycles. The Morgan fingerprint density at radius 1 is 1.32 bits per heavy atom. The summed E-state index contributed by atoms with van der Waals surface area (Å²) in [5.41, 5.74) is 0.726. The van der Waals surface area contributed by atoms with Crippen LogP contribution in [0.1, 0.15) is 32.6 Å². The number of nitrogens with one attached hydrogen (secondary N) is 1. The van der Waals surface area contributed by atoms with E-state index in [0.717, 1.165) is 18.5 Å². The van der Waals surface area contributed by atoms with Crippen LogP contribution < -0.4 is 5.32 Å². The second kappa shape index (κ2) is 5.71. The van der Waals surface area contributed by atoms with Gasteiger partial charge in [-0.05, 0) is 37.0 Å². The van der Waals surface area contributed by atoms with Gasteiger partial charge in [-0.1, -0.05) is 31.4 Å². The van der Waals surface area contributed by atoms with Crippen molar-refractivity contribution in [3.63, 3.8) is 0 Å². The van der Waals surface area contributed by atoms with Crippen LogP contribution in [0.5, 0.6) is 0 Å². The van der Waals surface area contributed by atoms with Gasteiger partial charge >= 0.3 is 0 Å². The molecular formula is C14H20ClNO2S. The first kappa shape index (κ1) is 14.7. The van der Waals surface area contributed by atoms with Gasteiger partial charge in [0, 0.05) is 12.3 Å². The molecule has 1 N–H and O–H groups in total. The van der Waals surface area contributed by atoms with Crippen LogP contribution in [0.4, 0.5) is 5.69 Å². The highest BCUT2D eigenvalue weighted by Crippen LogP contribution is 2.30. The molecule has 0 amide bonds. The van der Waals surface area contributed by atoms with E-state index in [1.165, 1.54) is 19.1 Å². The quantitative estimate of drug-likeness (QED) is 0.925. The third kappa shape index (κ3) is 3.86. The van der Waals surface area contributed by atoms with Crippen molar-refractivity contribution in [1.29, 1.82) is 0 Å². The second-order valence-electron chi connectivity index (χ2n) is 5.53. The summed E-state index contributed by atoms with van der Waals surface area (Å²) in [5.74, 6) is 0.711. The molecular weight excluding hydrogens is 282 g/mol.